The number of ether oxygens (including phenoxy) is 1. The normalized spacial score (nSPS) is 17.2. The van der Waals surface area contributed by atoms with Crippen LogP contribution in [0.25, 0.3) is 0 Å². The second kappa shape index (κ2) is 4.69. The minimum absolute atomic E-state index is 0.573. The number of hydrogen-bond acceptors (Lipinski definition) is 3. The van der Waals surface area contributed by atoms with Gasteiger partial charge in [0.05, 0.1) is 24.1 Å². The van der Waals surface area contributed by atoms with E-state index in [-0.39, 0.29) is 0 Å². The van der Waals surface area contributed by atoms with Crippen LogP contribution in [0, 0.1) is 0 Å². The summed E-state index contributed by atoms with van der Waals surface area (Å²) in [4.78, 5) is 1.21. The lowest BCUT2D eigenvalue weighted by molar-refractivity contribution is 0.0455. The third kappa shape index (κ3) is 2.80. The van der Waals surface area contributed by atoms with Gasteiger partial charge in [-0.05, 0) is 47.5 Å². The van der Waals surface area contributed by atoms with Crippen molar-refractivity contribution in [1.82, 2.24) is 0 Å². The van der Waals surface area contributed by atoms with E-state index in [9.17, 15) is 5.11 Å². The molecule has 1 aromatic rings. The average molecular weight is 303 g/mol. The van der Waals surface area contributed by atoms with Crippen molar-refractivity contribution in [3.63, 3.8) is 0 Å². The van der Waals surface area contributed by atoms with E-state index in [2.05, 4.69) is 22.0 Å². The average Bonchev–Trinajstić information content (AvgIpc) is 2.11. The summed E-state index contributed by atoms with van der Waals surface area (Å²) in [7, 11) is 0. The minimum atomic E-state index is -0.786. The van der Waals surface area contributed by atoms with Crippen LogP contribution in [-0.4, -0.2) is 23.6 Å². The van der Waals surface area contributed by atoms with E-state index in [1.807, 2.05) is 23.9 Å². The highest BCUT2D eigenvalue weighted by Gasteiger charge is 2.22. The lowest BCUT2D eigenvalue weighted by Crippen LogP contribution is -2.30. The van der Waals surface area contributed by atoms with Crippen molar-refractivity contribution in [2.24, 2.45) is 0 Å². The third-order valence-corrected chi connectivity index (χ3v) is 4.67. The van der Waals surface area contributed by atoms with Gasteiger partial charge < -0.3 is 9.84 Å². The number of benzene rings is 1. The van der Waals surface area contributed by atoms with E-state index >= 15 is 0 Å². The Kier molecular flexibility index (Phi) is 3.64. The molecule has 88 valence electrons. The number of thioether (sulfide) groups is 1. The molecule has 0 radical (unpaired) electrons. The summed E-state index contributed by atoms with van der Waals surface area (Å²) in [5.41, 5.74) is 0.138. The van der Waals surface area contributed by atoms with Gasteiger partial charge in [-0.1, -0.05) is 6.07 Å². The highest BCUT2D eigenvalue weighted by molar-refractivity contribution is 9.10. The Hall–Kier alpha value is -0.0300. The molecule has 2 nitrogen and oxygen atoms in total. The maximum Gasteiger partial charge on any atom is 0.0840 e. The van der Waals surface area contributed by atoms with Gasteiger partial charge >= 0.3 is 0 Å². The van der Waals surface area contributed by atoms with Crippen molar-refractivity contribution in [2.45, 2.75) is 29.6 Å². The molecule has 1 aromatic carbocycles. The van der Waals surface area contributed by atoms with Gasteiger partial charge in [0.1, 0.15) is 0 Å². The number of hydrogen-bond donors (Lipinski definition) is 1. The molecular formula is C12H15BrO2S. The summed E-state index contributed by atoms with van der Waals surface area (Å²) in [5.74, 6) is 0. The van der Waals surface area contributed by atoms with E-state index in [0.717, 1.165) is 23.2 Å². The first-order valence-corrected chi connectivity index (χ1v) is 6.91. The zero-order valence-corrected chi connectivity index (χ0v) is 11.8. The smallest absolute Gasteiger partial charge is 0.0840 e. The predicted molar refractivity (Wildman–Crippen MR) is 69.9 cm³/mol. The van der Waals surface area contributed by atoms with Crippen LogP contribution in [0.5, 0.6) is 0 Å². The second-order valence-corrected chi connectivity index (χ2v) is 6.68. The third-order valence-electron chi connectivity index (χ3n) is 2.54. The summed E-state index contributed by atoms with van der Waals surface area (Å²) >= 11 is 5.37. The van der Waals surface area contributed by atoms with E-state index in [1.165, 1.54) is 4.90 Å². The molecule has 2 rings (SSSR count). The van der Waals surface area contributed by atoms with Crippen molar-refractivity contribution >= 4 is 27.7 Å². The Morgan fingerprint density at radius 2 is 2.12 bits per heavy atom. The van der Waals surface area contributed by atoms with Gasteiger partial charge in [0, 0.05) is 9.37 Å². The van der Waals surface area contributed by atoms with Gasteiger partial charge in [-0.3, -0.25) is 0 Å². The topological polar surface area (TPSA) is 29.5 Å². The molecule has 16 heavy (non-hydrogen) atoms. The fourth-order valence-corrected chi connectivity index (χ4v) is 3.10. The molecule has 0 saturated carbocycles. The first-order chi connectivity index (χ1) is 7.47. The van der Waals surface area contributed by atoms with Crippen molar-refractivity contribution in [3.05, 3.63) is 28.2 Å². The van der Waals surface area contributed by atoms with Crippen molar-refractivity contribution in [2.75, 3.05) is 13.2 Å². The van der Waals surface area contributed by atoms with Crippen molar-refractivity contribution in [1.29, 1.82) is 0 Å². The van der Waals surface area contributed by atoms with Crippen LogP contribution < -0.4 is 0 Å². The standard InChI is InChI=1S/C12H15BrO2S/c1-12(2,14)8-3-4-11(10(13)5-8)16-9-6-15-7-9/h3-5,9,14H,6-7H2,1-2H3. The van der Waals surface area contributed by atoms with Crippen molar-refractivity contribution < 1.29 is 9.84 Å². The van der Waals surface area contributed by atoms with Crippen LogP contribution >= 0.6 is 27.7 Å². The zero-order valence-electron chi connectivity index (χ0n) is 9.37. The zero-order chi connectivity index (χ0) is 11.8. The summed E-state index contributed by atoms with van der Waals surface area (Å²) < 4.78 is 6.19. The van der Waals surface area contributed by atoms with E-state index < -0.39 is 5.60 Å². The van der Waals surface area contributed by atoms with Crippen molar-refractivity contribution in [3.8, 4) is 0 Å². The van der Waals surface area contributed by atoms with Crippen LogP contribution in [-0.2, 0) is 10.3 Å². The molecule has 1 heterocycles. The molecule has 1 saturated heterocycles. The highest BCUT2D eigenvalue weighted by atomic mass is 79.9. The van der Waals surface area contributed by atoms with E-state index in [4.69, 9.17) is 4.74 Å². The molecule has 1 aliphatic heterocycles. The molecule has 4 heteroatoms. The molecule has 0 spiro atoms. The maximum atomic E-state index is 9.90. The van der Waals surface area contributed by atoms with Crippen LogP contribution in [0.2, 0.25) is 0 Å². The molecule has 1 fully saturated rings. The number of aliphatic hydroxyl groups is 1. The summed E-state index contributed by atoms with van der Waals surface area (Å²) in [6.45, 7) is 5.26. The minimum Gasteiger partial charge on any atom is -0.386 e. The first-order valence-electron chi connectivity index (χ1n) is 5.23. The molecule has 0 atom stereocenters. The number of rotatable bonds is 3. The summed E-state index contributed by atoms with van der Waals surface area (Å²) in [5, 5.41) is 10.5. The lowest BCUT2D eigenvalue weighted by atomic mass is 9.99. The van der Waals surface area contributed by atoms with E-state index in [1.54, 1.807) is 13.8 Å². The molecule has 0 aromatic heterocycles. The lowest BCUT2D eigenvalue weighted by Gasteiger charge is -2.26. The SMILES string of the molecule is CC(C)(O)c1ccc(SC2COC2)c(Br)c1. The van der Waals surface area contributed by atoms with Gasteiger partial charge in [0.2, 0.25) is 0 Å². The van der Waals surface area contributed by atoms with Crippen LogP contribution in [0.15, 0.2) is 27.6 Å². The van der Waals surface area contributed by atoms with Gasteiger partial charge in [-0.2, -0.15) is 0 Å². The highest BCUT2D eigenvalue weighted by Crippen LogP contribution is 2.35. The molecular weight excluding hydrogens is 288 g/mol. The molecule has 1 N–H and O–H groups in total. The Labute approximate surface area is 109 Å². The monoisotopic (exact) mass is 302 g/mol. The molecule has 0 unspecified atom stereocenters. The molecule has 1 aliphatic rings. The Morgan fingerprint density at radius 1 is 1.44 bits per heavy atom. The summed E-state index contributed by atoms with van der Waals surface area (Å²) in [6, 6.07) is 6.02. The Bertz CT molecular complexity index is 383. The fourth-order valence-electron chi connectivity index (χ4n) is 1.44. The maximum absolute atomic E-state index is 9.90. The van der Waals surface area contributed by atoms with Gasteiger partial charge in [-0.15, -0.1) is 11.8 Å². The second-order valence-electron chi connectivity index (χ2n) is 4.48. The fraction of sp³-hybridized carbons (Fsp3) is 0.500. The molecule has 0 amide bonds. The number of halogens is 1. The largest absolute Gasteiger partial charge is 0.386 e. The predicted octanol–water partition coefficient (Wildman–Crippen LogP) is 3.17. The molecule has 0 bridgehead atoms. The quantitative estimate of drug-likeness (QED) is 0.930. The van der Waals surface area contributed by atoms with Gasteiger partial charge in [0.15, 0.2) is 0 Å². The van der Waals surface area contributed by atoms with Crippen LogP contribution in [0.4, 0.5) is 0 Å². The first kappa shape index (κ1) is 12.4. The molecule has 0 aliphatic carbocycles. The Morgan fingerprint density at radius 3 is 2.56 bits per heavy atom. The summed E-state index contributed by atoms with van der Waals surface area (Å²) in [6.07, 6.45) is 0. The van der Waals surface area contributed by atoms with Crippen LogP contribution in [0.1, 0.15) is 19.4 Å². The van der Waals surface area contributed by atoms with E-state index in [0.29, 0.717) is 5.25 Å². The van der Waals surface area contributed by atoms with Crippen LogP contribution in [0.3, 0.4) is 0 Å². The Balaban J connectivity index is 2.15. The van der Waals surface area contributed by atoms with Gasteiger partial charge in [0.25, 0.3) is 0 Å². The van der Waals surface area contributed by atoms with Gasteiger partial charge in [-0.25, -0.2) is 0 Å².